The summed E-state index contributed by atoms with van der Waals surface area (Å²) in [6.07, 6.45) is 3.42. The van der Waals surface area contributed by atoms with Gasteiger partial charge in [0, 0.05) is 6.20 Å². The second-order valence-electron chi connectivity index (χ2n) is 2.23. The number of nitrogens with one attached hydrogen (secondary N) is 1. The second kappa shape index (κ2) is 2.80. The van der Waals surface area contributed by atoms with E-state index in [2.05, 4.69) is 16.0 Å². The Morgan fingerprint density at radius 2 is 2.50 bits per heavy atom. The molecule has 0 fully saturated rings. The second-order valence-corrected chi connectivity index (χ2v) is 3.26. The number of rotatable bonds is 1. The Labute approximate surface area is 73.3 Å². The van der Waals surface area contributed by atoms with Crippen molar-refractivity contribution in [3.63, 3.8) is 0 Å². The lowest BCUT2D eigenvalue weighted by atomic mass is 10.4. The minimum atomic E-state index is 0.639. The van der Waals surface area contributed by atoms with Crippen molar-refractivity contribution < 1.29 is 0 Å². The molecule has 0 radical (unpaired) electrons. The van der Waals surface area contributed by atoms with Gasteiger partial charge in [0.05, 0.1) is 11.9 Å². The summed E-state index contributed by atoms with van der Waals surface area (Å²) in [7, 11) is 0. The first-order valence-corrected chi connectivity index (χ1v) is 4.21. The molecule has 0 saturated heterocycles. The van der Waals surface area contributed by atoms with E-state index in [-0.39, 0.29) is 0 Å². The number of nitrogens with zero attached hydrogens (tertiary/aromatic N) is 2. The molecule has 0 aliphatic heterocycles. The lowest BCUT2D eigenvalue weighted by Gasteiger charge is -1.85. The number of aromatic nitrogens is 2. The molecule has 2 aromatic heterocycles. The van der Waals surface area contributed by atoms with Gasteiger partial charge in [-0.3, -0.25) is 0 Å². The van der Waals surface area contributed by atoms with Crippen molar-refractivity contribution in [2.24, 2.45) is 0 Å². The summed E-state index contributed by atoms with van der Waals surface area (Å²) < 4.78 is 0. The quantitative estimate of drug-likeness (QED) is 0.720. The summed E-state index contributed by atoms with van der Waals surface area (Å²) in [5, 5.41) is 9.42. The molecule has 0 aromatic carbocycles. The van der Waals surface area contributed by atoms with Gasteiger partial charge in [-0.25, -0.2) is 4.98 Å². The molecule has 3 nitrogen and oxygen atoms in total. The Kier molecular flexibility index (Phi) is 1.65. The zero-order chi connectivity index (χ0) is 8.39. The lowest BCUT2D eigenvalue weighted by molar-refractivity contribution is 1.34. The third-order valence-electron chi connectivity index (χ3n) is 1.44. The topological polar surface area (TPSA) is 52.5 Å². The summed E-state index contributed by atoms with van der Waals surface area (Å²) in [6.45, 7) is 0. The lowest BCUT2D eigenvalue weighted by Crippen LogP contribution is -1.70. The van der Waals surface area contributed by atoms with Crippen molar-refractivity contribution in [3.8, 4) is 16.8 Å². The van der Waals surface area contributed by atoms with Crippen LogP contribution in [0.4, 0.5) is 0 Å². The SMILES string of the molecule is N#Cc1cnc(-c2ccc[nH]2)s1. The van der Waals surface area contributed by atoms with E-state index in [1.807, 2.05) is 18.3 Å². The van der Waals surface area contributed by atoms with Gasteiger partial charge in [0.25, 0.3) is 0 Å². The van der Waals surface area contributed by atoms with Crippen LogP contribution >= 0.6 is 11.3 Å². The molecule has 0 aliphatic carbocycles. The Hall–Kier alpha value is -1.60. The van der Waals surface area contributed by atoms with Crippen LogP contribution in [0, 0.1) is 11.3 Å². The number of aromatic amines is 1. The standard InChI is InChI=1S/C8H5N3S/c9-4-6-5-11-8(12-6)7-2-1-3-10-7/h1-3,5,10H. The molecular formula is C8H5N3S. The molecule has 0 saturated carbocycles. The van der Waals surface area contributed by atoms with Crippen molar-refractivity contribution >= 4 is 11.3 Å². The molecule has 2 rings (SSSR count). The zero-order valence-corrected chi connectivity index (χ0v) is 6.93. The van der Waals surface area contributed by atoms with Crippen LogP contribution in [0.3, 0.4) is 0 Å². The van der Waals surface area contributed by atoms with E-state index < -0.39 is 0 Å². The van der Waals surface area contributed by atoms with E-state index in [0.717, 1.165) is 10.7 Å². The summed E-state index contributed by atoms with van der Waals surface area (Å²) in [5.41, 5.74) is 0.960. The molecule has 58 valence electrons. The van der Waals surface area contributed by atoms with Crippen LogP contribution in [0.2, 0.25) is 0 Å². The number of hydrogen-bond acceptors (Lipinski definition) is 3. The number of thiazole rings is 1. The average molecular weight is 175 g/mol. The molecule has 0 spiro atoms. The third-order valence-corrected chi connectivity index (χ3v) is 2.38. The monoisotopic (exact) mass is 175 g/mol. The predicted molar refractivity (Wildman–Crippen MR) is 46.6 cm³/mol. The van der Waals surface area contributed by atoms with Crippen LogP contribution in [0.25, 0.3) is 10.7 Å². The maximum absolute atomic E-state index is 8.56. The van der Waals surface area contributed by atoms with Crippen molar-refractivity contribution in [3.05, 3.63) is 29.4 Å². The maximum Gasteiger partial charge on any atom is 0.140 e. The van der Waals surface area contributed by atoms with Gasteiger partial charge in [-0.1, -0.05) is 0 Å². The van der Waals surface area contributed by atoms with Crippen LogP contribution in [0.15, 0.2) is 24.5 Å². The van der Waals surface area contributed by atoms with Gasteiger partial charge < -0.3 is 4.98 Å². The normalized spacial score (nSPS) is 9.58. The minimum absolute atomic E-state index is 0.639. The number of H-pyrrole nitrogens is 1. The molecule has 0 amide bonds. The van der Waals surface area contributed by atoms with Crippen LogP contribution in [0.1, 0.15) is 4.88 Å². The first-order chi connectivity index (χ1) is 5.90. The molecular weight excluding hydrogens is 170 g/mol. The molecule has 0 unspecified atom stereocenters. The molecule has 2 aromatic rings. The zero-order valence-electron chi connectivity index (χ0n) is 6.11. The van der Waals surface area contributed by atoms with Gasteiger partial charge in [-0.2, -0.15) is 5.26 Å². The highest BCUT2D eigenvalue weighted by atomic mass is 32.1. The molecule has 0 bridgehead atoms. The molecule has 4 heteroatoms. The van der Waals surface area contributed by atoms with E-state index in [1.54, 1.807) is 6.20 Å². The Morgan fingerprint density at radius 1 is 1.58 bits per heavy atom. The Morgan fingerprint density at radius 3 is 3.08 bits per heavy atom. The highest BCUT2D eigenvalue weighted by molar-refractivity contribution is 7.15. The van der Waals surface area contributed by atoms with Crippen LogP contribution in [-0.4, -0.2) is 9.97 Å². The Bertz CT molecular complexity index is 408. The minimum Gasteiger partial charge on any atom is -0.359 e. The molecule has 2 heterocycles. The van der Waals surface area contributed by atoms with Crippen molar-refractivity contribution in [1.29, 1.82) is 5.26 Å². The molecule has 0 aliphatic rings. The fourth-order valence-electron chi connectivity index (χ4n) is 0.914. The largest absolute Gasteiger partial charge is 0.359 e. The van der Waals surface area contributed by atoms with E-state index >= 15 is 0 Å². The van der Waals surface area contributed by atoms with Crippen LogP contribution in [0.5, 0.6) is 0 Å². The average Bonchev–Trinajstić information content (AvgIpc) is 2.75. The number of hydrogen-bond donors (Lipinski definition) is 1. The molecule has 12 heavy (non-hydrogen) atoms. The first kappa shape index (κ1) is 7.07. The highest BCUT2D eigenvalue weighted by Gasteiger charge is 2.03. The summed E-state index contributed by atoms with van der Waals surface area (Å²) in [4.78, 5) is 7.76. The summed E-state index contributed by atoms with van der Waals surface area (Å²) >= 11 is 1.39. The highest BCUT2D eigenvalue weighted by Crippen LogP contribution is 2.22. The van der Waals surface area contributed by atoms with E-state index in [9.17, 15) is 0 Å². The van der Waals surface area contributed by atoms with Crippen molar-refractivity contribution in [1.82, 2.24) is 9.97 Å². The van der Waals surface area contributed by atoms with Gasteiger partial charge >= 0.3 is 0 Å². The Balaban J connectivity index is 2.44. The van der Waals surface area contributed by atoms with Crippen LogP contribution in [-0.2, 0) is 0 Å². The third kappa shape index (κ3) is 1.11. The first-order valence-electron chi connectivity index (χ1n) is 3.40. The molecule has 1 N–H and O–H groups in total. The van der Waals surface area contributed by atoms with E-state index in [4.69, 9.17) is 5.26 Å². The van der Waals surface area contributed by atoms with Gasteiger partial charge in [0.15, 0.2) is 0 Å². The van der Waals surface area contributed by atoms with Crippen molar-refractivity contribution in [2.45, 2.75) is 0 Å². The fraction of sp³-hybridized carbons (Fsp3) is 0. The molecule has 0 atom stereocenters. The van der Waals surface area contributed by atoms with Gasteiger partial charge in [-0.15, -0.1) is 11.3 Å². The fourth-order valence-corrected chi connectivity index (χ4v) is 1.62. The predicted octanol–water partition coefficient (Wildman–Crippen LogP) is 2.01. The summed E-state index contributed by atoms with van der Waals surface area (Å²) in [6, 6.07) is 5.89. The summed E-state index contributed by atoms with van der Waals surface area (Å²) in [5.74, 6) is 0. The van der Waals surface area contributed by atoms with Gasteiger partial charge in [-0.05, 0) is 12.1 Å². The van der Waals surface area contributed by atoms with Gasteiger partial charge in [0.2, 0.25) is 0 Å². The van der Waals surface area contributed by atoms with Gasteiger partial charge in [0.1, 0.15) is 16.0 Å². The van der Waals surface area contributed by atoms with Crippen LogP contribution < -0.4 is 0 Å². The van der Waals surface area contributed by atoms with Crippen molar-refractivity contribution in [2.75, 3.05) is 0 Å². The van der Waals surface area contributed by atoms with E-state index in [1.165, 1.54) is 11.3 Å². The maximum atomic E-state index is 8.56. The number of nitriles is 1. The van der Waals surface area contributed by atoms with E-state index in [0.29, 0.717) is 4.88 Å². The smallest absolute Gasteiger partial charge is 0.140 e.